The Hall–Kier alpha value is -1.84. The lowest BCUT2D eigenvalue weighted by Gasteiger charge is -2.24. The van der Waals surface area contributed by atoms with E-state index in [9.17, 15) is 9.59 Å². The molecule has 1 rings (SSSR count). The number of benzene rings is 1. The van der Waals surface area contributed by atoms with E-state index in [0.29, 0.717) is 0 Å². The Balaban J connectivity index is 2.33. The molecule has 0 saturated heterocycles. The summed E-state index contributed by atoms with van der Waals surface area (Å²) in [5.74, 6) is -0.663. The van der Waals surface area contributed by atoms with E-state index >= 15 is 0 Å². The smallest absolute Gasteiger partial charge is 0.310 e. The second-order valence-electron chi connectivity index (χ2n) is 5.11. The molecule has 4 heteroatoms. The van der Waals surface area contributed by atoms with Gasteiger partial charge in [0.1, 0.15) is 0 Å². The van der Waals surface area contributed by atoms with Crippen molar-refractivity contribution in [1.29, 1.82) is 0 Å². The molecule has 0 bridgehead atoms. The van der Waals surface area contributed by atoms with E-state index in [1.165, 1.54) is 0 Å². The molecule has 4 nitrogen and oxygen atoms in total. The van der Waals surface area contributed by atoms with Crippen molar-refractivity contribution in [2.45, 2.75) is 39.2 Å². The zero-order chi connectivity index (χ0) is 14.3. The highest BCUT2D eigenvalue weighted by Crippen LogP contribution is 2.06. The van der Waals surface area contributed by atoms with Crippen LogP contribution in [0, 0.1) is 0 Å². The average Bonchev–Trinajstić information content (AvgIpc) is 2.37. The topological polar surface area (TPSA) is 55.4 Å². The third kappa shape index (κ3) is 6.04. The van der Waals surface area contributed by atoms with Gasteiger partial charge in [0.25, 0.3) is 5.91 Å². The highest BCUT2D eigenvalue weighted by atomic mass is 16.5. The Morgan fingerprint density at radius 3 is 2.42 bits per heavy atom. The normalized spacial score (nSPS) is 10.9. The SMILES string of the molecule is CCC(C)(C)NC(=O)COC(=O)Cc1ccccc1. The maximum Gasteiger partial charge on any atom is 0.310 e. The minimum atomic E-state index is -0.393. The predicted octanol–water partition coefficient (Wildman–Crippen LogP) is 2.08. The van der Waals surface area contributed by atoms with Gasteiger partial charge in [-0.2, -0.15) is 0 Å². The molecule has 1 aromatic rings. The molecule has 1 aromatic carbocycles. The van der Waals surface area contributed by atoms with Crippen molar-refractivity contribution in [3.05, 3.63) is 35.9 Å². The highest BCUT2D eigenvalue weighted by molar-refractivity contribution is 5.81. The summed E-state index contributed by atoms with van der Waals surface area (Å²) in [4.78, 5) is 23.1. The number of carbonyl (C=O) groups excluding carboxylic acids is 2. The van der Waals surface area contributed by atoms with E-state index < -0.39 is 5.97 Å². The first kappa shape index (κ1) is 15.2. The molecular weight excluding hydrogens is 242 g/mol. The molecule has 0 aromatic heterocycles. The number of nitrogens with one attached hydrogen (secondary N) is 1. The quantitative estimate of drug-likeness (QED) is 0.799. The number of amides is 1. The summed E-state index contributed by atoms with van der Waals surface area (Å²) < 4.78 is 4.95. The lowest BCUT2D eigenvalue weighted by molar-refractivity contribution is -0.148. The van der Waals surface area contributed by atoms with Crippen molar-refractivity contribution in [2.75, 3.05) is 6.61 Å². The van der Waals surface area contributed by atoms with E-state index in [-0.39, 0.29) is 24.5 Å². The van der Waals surface area contributed by atoms with Crippen molar-refractivity contribution in [2.24, 2.45) is 0 Å². The van der Waals surface area contributed by atoms with Gasteiger partial charge >= 0.3 is 5.97 Å². The van der Waals surface area contributed by atoms with Gasteiger partial charge in [-0.05, 0) is 25.8 Å². The summed E-state index contributed by atoms with van der Waals surface area (Å²) >= 11 is 0. The van der Waals surface area contributed by atoms with Crippen LogP contribution < -0.4 is 5.32 Å². The second kappa shape index (κ2) is 6.92. The zero-order valence-electron chi connectivity index (χ0n) is 11.7. The molecule has 0 aliphatic carbocycles. The van der Waals surface area contributed by atoms with E-state index in [4.69, 9.17) is 4.74 Å². The van der Waals surface area contributed by atoms with Crippen molar-refractivity contribution >= 4 is 11.9 Å². The first-order valence-electron chi connectivity index (χ1n) is 6.43. The first-order chi connectivity index (χ1) is 8.93. The summed E-state index contributed by atoms with van der Waals surface area (Å²) in [6.45, 7) is 5.62. The van der Waals surface area contributed by atoms with Crippen LogP contribution in [0.2, 0.25) is 0 Å². The minimum absolute atomic E-state index is 0.186. The fourth-order valence-corrected chi connectivity index (χ4v) is 1.46. The Morgan fingerprint density at radius 1 is 1.21 bits per heavy atom. The number of carbonyl (C=O) groups is 2. The third-order valence-corrected chi connectivity index (χ3v) is 2.92. The van der Waals surface area contributed by atoms with Crippen molar-refractivity contribution in [1.82, 2.24) is 5.32 Å². The number of hydrogen-bond donors (Lipinski definition) is 1. The molecule has 0 aliphatic heterocycles. The average molecular weight is 263 g/mol. The molecule has 0 spiro atoms. The molecule has 1 amide bonds. The van der Waals surface area contributed by atoms with Gasteiger partial charge < -0.3 is 10.1 Å². The van der Waals surface area contributed by atoms with Gasteiger partial charge in [-0.3, -0.25) is 9.59 Å². The predicted molar refractivity (Wildman–Crippen MR) is 73.6 cm³/mol. The molecular formula is C15H21NO3. The molecule has 0 aliphatic rings. The van der Waals surface area contributed by atoms with Gasteiger partial charge in [-0.15, -0.1) is 0 Å². The summed E-state index contributed by atoms with van der Waals surface area (Å²) in [6.07, 6.45) is 1.00. The van der Waals surface area contributed by atoms with Crippen LogP contribution in [0.25, 0.3) is 0 Å². The first-order valence-corrected chi connectivity index (χ1v) is 6.43. The van der Waals surface area contributed by atoms with Crippen LogP contribution >= 0.6 is 0 Å². The van der Waals surface area contributed by atoms with Crippen LogP contribution in [-0.2, 0) is 20.7 Å². The van der Waals surface area contributed by atoms with Crippen LogP contribution in [0.1, 0.15) is 32.8 Å². The standard InChI is InChI=1S/C15H21NO3/c1-4-15(2,3)16-13(17)11-19-14(18)10-12-8-6-5-7-9-12/h5-9H,4,10-11H2,1-3H3,(H,16,17). The maximum absolute atomic E-state index is 11.6. The van der Waals surface area contributed by atoms with Gasteiger partial charge in [-0.1, -0.05) is 37.3 Å². The van der Waals surface area contributed by atoms with Crippen LogP contribution in [0.3, 0.4) is 0 Å². The molecule has 19 heavy (non-hydrogen) atoms. The highest BCUT2D eigenvalue weighted by Gasteiger charge is 2.18. The van der Waals surface area contributed by atoms with Crippen LogP contribution in [0.15, 0.2) is 30.3 Å². The molecule has 0 fully saturated rings. The second-order valence-corrected chi connectivity index (χ2v) is 5.11. The van der Waals surface area contributed by atoms with E-state index in [0.717, 1.165) is 12.0 Å². The van der Waals surface area contributed by atoms with Crippen molar-refractivity contribution in [3.63, 3.8) is 0 Å². The van der Waals surface area contributed by atoms with E-state index in [1.807, 2.05) is 51.1 Å². The monoisotopic (exact) mass is 263 g/mol. The van der Waals surface area contributed by atoms with Crippen LogP contribution in [0.5, 0.6) is 0 Å². The van der Waals surface area contributed by atoms with E-state index in [2.05, 4.69) is 5.32 Å². The number of esters is 1. The Labute approximate surface area is 114 Å². The summed E-state index contributed by atoms with van der Waals surface area (Å²) in [7, 11) is 0. The fraction of sp³-hybridized carbons (Fsp3) is 0.467. The van der Waals surface area contributed by atoms with E-state index in [1.54, 1.807) is 0 Å². The largest absolute Gasteiger partial charge is 0.455 e. The van der Waals surface area contributed by atoms with Gasteiger partial charge in [0, 0.05) is 5.54 Å². The summed E-state index contributed by atoms with van der Waals surface area (Å²) in [6, 6.07) is 9.30. The molecule has 1 N–H and O–H groups in total. The third-order valence-electron chi connectivity index (χ3n) is 2.92. The Kier molecular flexibility index (Phi) is 5.55. The van der Waals surface area contributed by atoms with Crippen molar-refractivity contribution < 1.29 is 14.3 Å². The maximum atomic E-state index is 11.6. The molecule has 104 valence electrons. The number of ether oxygens (including phenoxy) is 1. The minimum Gasteiger partial charge on any atom is -0.455 e. The van der Waals surface area contributed by atoms with Crippen LogP contribution in [-0.4, -0.2) is 24.0 Å². The van der Waals surface area contributed by atoms with Gasteiger partial charge in [0.15, 0.2) is 6.61 Å². The van der Waals surface area contributed by atoms with Gasteiger partial charge in [-0.25, -0.2) is 0 Å². The molecule has 0 heterocycles. The Morgan fingerprint density at radius 2 is 1.84 bits per heavy atom. The summed E-state index contributed by atoms with van der Waals surface area (Å²) in [5, 5.41) is 2.81. The van der Waals surface area contributed by atoms with Crippen LogP contribution in [0.4, 0.5) is 0 Å². The Bertz CT molecular complexity index is 426. The molecule has 0 saturated carbocycles. The van der Waals surface area contributed by atoms with Gasteiger partial charge in [0.2, 0.25) is 0 Å². The van der Waals surface area contributed by atoms with Gasteiger partial charge in [0.05, 0.1) is 6.42 Å². The fourth-order valence-electron chi connectivity index (χ4n) is 1.46. The summed E-state index contributed by atoms with van der Waals surface area (Å²) in [5.41, 5.74) is 0.602. The lowest BCUT2D eigenvalue weighted by atomic mass is 10.0. The number of rotatable bonds is 6. The zero-order valence-corrected chi connectivity index (χ0v) is 11.7. The lowest BCUT2D eigenvalue weighted by Crippen LogP contribution is -2.44. The number of hydrogen-bond acceptors (Lipinski definition) is 3. The molecule has 0 radical (unpaired) electrons. The molecule has 0 atom stereocenters. The van der Waals surface area contributed by atoms with Crippen molar-refractivity contribution in [3.8, 4) is 0 Å². The molecule has 0 unspecified atom stereocenters.